The Morgan fingerprint density at radius 1 is 1.26 bits per heavy atom. The number of thioether (sulfide) groups is 1. The van der Waals surface area contributed by atoms with Crippen LogP contribution < -0.4 is 0 Å². The zero-order valence-corrected chi connectivity index (χ0v) is 14.0. The molecule has 0 aromatic heterocycles. The highest BCUT2D eigenvalue weighted by molar-refractivity contribution is 8.14. The lowest BCUT2D eigenvalue weighted by atomic mass is 10.2. The van der Waals surface area contributed by atoms with Crippen LogP contribution in [-0.4, -0.2) is 28.3 Å². The van der Waals surface area contributed by atoms with Crippen LogP contribution in [0.5, 0.6) is 0 Å². The minimum absolute atomic E-state index is 0.173. The van der Waals surface area contributed by atoms with Crippen molar-refractivity contribution >= 4 is 40.1 Å². The molecule has 0 radical (unpaired) electrons. The third-order valence-electron chi connectivity index (χ3n) is 3.57. The normalized spacial score (nSPS) is 16.1. The van der Waals surface area contributed by atoms with Crippen molar-refractivity contribution in [3.05, 3.63) is 64.4 Å². The molecule has 0 N–H and O–H groups in total. The molecule has 1 aliphatic heterocycles. The van der Waals surface area contributed by atoms with E-state index in [1.807, 2.05) is 25.1 Å². The molecule has 3 nitrogen and oxygen atoms in total. The van der Waals surface area contributed by atoms with Crippen LogP contribution in [0, 0.1) is 12.7 Å². The lowest BCUT2D eigenvalue weighted by molar-refractivity contribution is 0.0859. The van der Waals surface area contributed by atoms with Crippen molar-refractivity contribution < 1.29 is 9.18 Å². The lowest BCUT2D eigenvalue weighted by Gasteiger charge is -2.16. The van der Waals surface area contributed by atoms with E-state index in [2.05, 4.69) is 4.99 Å². The molecule has 1 amide bonds. The molecule has 1 fully saturated rings. The number of amides is 1. The van der Waals surface area contributed by atoms with Gasteiger partial charge in [-0.3, -0.25) is 9.69 Å². The van der Waals surface area contributed by atoms with E-state index in [0.717, 1.165) is 17.0 Å². The van der Waals surface area contributed by atoms with E-state index in [1.54, 1.807) is 4.90 Å². The molecule has 1 heterocycles. The van der Waals surface area contributed by atoms with Gasteiger partial charge < -0.3 is 0 Å². The first-order valence-corrected chi connectivity index (χ1v) is 8.46. The first kappa shape index (κ1) is 16.0. The fourth-order valence-corrected chi connectivity index (χ4v) is 3.37. The maximum absolute atomic E-state index is 13.0. The zero-order valence-electron chi connectivity index (χ0n) is 12.4. The molecule has 0 bridgehead atoms. The maximum Gasteiger partial charge on any atom is 0.259 e. The lowest BCUT2D eigenvalue weighted by Crippen LogP contribution is -2.31. The average Bonchev–Trinajstić information content (AvgIpc) is 3.00. The molecule has 118 valence electrons. The molecule has 2 aromatic rings. The van der Waals surface area contributed by atoms with Gasteiger partial charge in [0.1, 0.15) is 5.82 Å². The van der Waals surface area contributed by atoms with Crippen molar-refractivity contribution in [2.75, 3.05) is 12.3 Å². The number of benzene rings is 2. The summed E-state index contributed by atoms with van der Waals surface area (Å²) in [6.07, 6.45) is 0. The zero-order chi connectivity index (χ0) is 16.4. The van der Waals surface area contributed by atoms with Crippen molar-refractivity contribution in [3.63, 3.8) is 0 Å². The Morgan fingerprint density at radius 3 is 2.74 bits per heavy atom. The molecule has 0 aliphatic carbocycles. The van der Waals surface area contributed by atoms with Crippen LogP contribution in [-0.2, 0) is 0 Å². The van der Waals surface area contributed by atoms with Gasteiger partial charge in [0, 0.05) is 22.9 Å². The SMILES string of the molecule is Cc1c(Cl)cccc1N=C1SCCN1C(=O)c1ccc(F)cc1. The van der Waals surface area contributed by atoms with Gasteiger partial charge in [-0.1, -0.05) is 29.4 Å². The van der Waals surface area contributed by atoms with Crippen molar-refractivity contribution in [1.82, 2.24) is 4.90 Å². The van der Waals surface area contributed by atoms with Gasteiger partial charge in [-0.05, 0) is 48.9 Å². The number of aliphatic imine (C=N–C) groups is 1. The minimum Gasteiger partial charge on any atom is -0.286 e. The fraction of sp³-hybridized carbons (Fsp3) is 0.176. The molecule has 0 unspecified atom stereocenters. The van der Waals surface area contributed by atoms with Crippen LogP contribution in [0.25, 0.3) is 0 Å². The summed E-state index contributed by atoms with van der Waals surface area (Å²) >= 11 is 7.64. The minimum atomic E-state index is -0.360. The average molecular weight is 349 g/mol. The second-order valence-electron chi connectivity index (χ2n) is 5.09. The molecule has 2 aromatic carbocycles. The highest BCUT2D eigenvalue weighted by atomic mass is 35.5. The van der Waals surface area contributed by atoms with Gasteiger partial charge in [-0.15, -0.1) is 0 Å². The second-order valence-corrected chi connectivity index (χ2v) is 6.56. The van der Waals surface area contributed by atoms with Gasteiger partial charge in [0.2, 0.25) is 0 Å². The monoisotopic (exact) mass is 348 g/mol. The molecule has 23 heavy (non-hydrogen) atoms. The molecule has 0 atom stereocenters. The standard InChI is InChI=1S/C17H14ClFN2OS/c1-11-14(18)3-2-4-15(11)20-17-21(9-10-23-17)16(22)12-5-7-13(19)8-6-12/h2-8H,9-10H2,1H3. The first-order chi connectivity index (χ1) is 11.1. The van der Waals surface area contributed by atoms with Crippen LogP contribution in [0.2, 0.25) is 5.02 Å². The Morgan fingerprint density at radius 2 is 2.00 bits per heavy atom. The van der Waals surface area contributed by atoms with Crippen molar-refractivity contribution in [1.29, 1.82) is 0 Å². The highest BCUT2D eigenvalue weighted by Gasteiger charge is 2.27. The molecule has 1 saturated heterocycles. The van der Waals surface area contributed by atoms with Crippen molar-refractivity contribution in [3.8, 4) is 0 Å². The van der Waals surface area contributed by atoms with Gasteiger partial charge in [0.05, 0.1) is 5.69 Å². The molecule has 1 aliphatic rings. The summed E-state index contributed by atoms with van der Waals surface area (Å²) < 4.78 is 13.0. The van der Waals surface area contributed by atoms with E-state index in [4.69, 9.17) is 11.6 Å². The predicted molar refractivity (Wildman–Crippen MR) is 93.2 cm³/mol. The fourth-order valence-electron chi connectivity index (χ4n) is 2.25. The third kappa shape index (κ3) is 3.41. The van der Waals surface area contributed by atoms with E-state index < -0.39 is 0 Å². The van der Waals surface area contributed by atoms with E-state index in [-0.39, 0.29) is 11.7 Å². The van der Waals surface area contributed by atoms with Gasteiger partial charge in [0.25, 0.3) is 5.91 Å². The molecular formula is C17H14ClFN2OS. The Bertz CT molecular complexity index is 777. The molecule has 6 heteroatoms. The summed E-state index contributed by atoms with van der Waals surface area (Å²) in [5.74, 6) is 0.250. The van der Waals surface area contributed by atoms with E-state index in [9.17, 15) is 9.18 Å². The number of rotatable bonds is 2. The number of hydrogen-bond acceptors (Lipinski definition) is 3. The highest BCUT2D eigenvalue weighted by Crippen LogP contribution is 2.29. The number of hydrogen-bond donors (Lipinski definition) is 0. The largest absolute Gasteiger partial charge is 0.286 e. The van der Waals surface area contributed by atoms with Gasteiger partial charge in [-0.25, -0.2) is 9.38 Å². The maximum atomic E-state index is 13.0. The summed E-state index contributed by atoms with van der Waals surface area (Å²) in [6, 6.07) is 11.1. The second kappa shape index (κ2) is 6.72. The number of carbonyl (C=O) groups is 1. The number of carbonyl (C=O) groups excluding carboxylic acids is 1. The Kier molecular flexibility index (Phi) is 4.68. The first-order valence-electron chi connectivity index (χ1n) is 7.10. The summed E-state index contributed by atoms with van der Waals surface area (Å²) in [4.78, 5) is 18.8. The van der Waals surface area contributed by atoms with Crippen molar-refractivity contribution in [2.45, 2.75) is 6.92 Å². The third-order valence-corrected chi connectivity index (χ3v) is 4.93. The molecular weight excluding hydrogens is 335 g/mol. The quantitative estimate of drug-likeness (QED) is 0.790. The summed E-state index contributed by atoms with van der Waals surface area (Å²) in [5, 5.41) is 1.29. The van der Waals surface area contributed by atoms with E-state index >= 15 is 0 Å². The van der Waals surface area contributed by atoms with Crippen LogP contribution in [0.15, 0.2) is 47.5 Å². The number of nitrogens with zero attached hydrogens (tertiary/aromatic N) is 2. The smallest absolute Gasteiger partial charge is 0.259 e. The Hall–Kier alpha value is -1.85. The number of amidine groups is 1. The summed E-state index contributed by atoms with van der Waals surface area (Å²) in [6.45, 7) is 2.48. The topological polar surface area (TPSA) is 32.7 Å². The number of halogens is 2. The summed E-state index contributed by atoms with van der Waals surface area (Å²) in [7, 11) is 0. The van der Waals surface area contributed by atoms with Gasteiger partial charge in [0.15, 0.2) is 5.17 Å². The Balaban J connectivity index is 1.90. The van der Waals surface area contributed by atoms with E-state index in [0.29, 0.717) is 22.3 Å². The molecule has 0 saturated carbocycles. The van der Waals surface area contributed by atoms with Crippen LogP contribution in [0.3, 0.4) is 0 Å². The molecule has 0 spiro atoms. The Labute approximate surface area is 143 Å². The van der Waals surface area contributed by atoms with Gasteiger partial charge >= 0.3 is 0 Å². The van der Waals surface area contributed by atoms with Crippen LogP contribution in [0.4, 0.5) is 10.1 Å². The molecule has 3 rings (SSSR count). The van der Waals surface area contributed by atoms with Crippen LogP contribution >= 0.6 is 23.4 Å². The summed E-state index contributed by atoms with van der Waals surface area (Å²) in [5.41, 5.74) is 2.08. The van der Waals surface area contributed by atoms with Crippen molar-refractivity contribution in [2.24, 2.45) is 4.99 Å². The van der Waals surface area contributed by atoms with Gasteiger partial charge in [-0.2, -0.15) is 0 Å². The van der Waals surface area contributed by atoms with Crippen LogP contribution in [0.1, 0.15) is 15.9 Å². The van der Waals surface area contributed by atoms with E-state index in [1.165, 1.54) is 36.0 Å². The predicted octanol–water partition coefficient (Wildman–Crippen LogP) is 4.66.